The number of rotatable bonds is 12. The smallest absolute Gasteiger partial charge is 0.253 e. The Morgan fingerprint density at radius 1 is 0.960 bits per heavy atom. The summed E-state index contributed by atoms with van der Waals surface area (Å²) in [4.78, 5) is 12.1. The second kappa shape index (κ2) is 14.9. The van der Waals surface area contributed by atoms with E-state index < -0.39 is 0 Å². The number of carbonyl (C=O) groups is 1. The minimum atomic E-state index is -0.114. The summed E-state index contributed by atoms with van der Waals surface area (Å²) in [6.45, 7) is 3.09. The predicted molar refractivity (Wildman–Crippen MR) is 112 cm³/mol. The third-order valence-corrected chi connectivity index (χ3v) is 4.57. The summed E-state index contributed by atoms with van der Waals surface area (Å²) in [5, 5.41) is 6.32. The van der Waals surface area contributed by atoms with Crippen molar-refractivity contribution in [3.8, 4) is 0 Å². The average molecular weight is 363 g/mol. The van der Waals surface area contributed by atoms with Crippen molar-refractivity contribution < 1.29 is 4.79 Å². The first-order valence-corrected chi connectivity index (χ1v) is 10.3. The fourth-order valence-corrected chi connectivity index (χ4v) is 2.98. The SMILES string of the molecule is CCCCCCCCCCCCNC(=S)NC(=O)C1=CC=CC=CC1. The molecule has 1 rings (SSSR count). The quantitative estimate of drug-likeness (QED) is 0.364. The van der Waals surface area contributed by atoms with Gasteiger partial charge in [-0.3, -0.25) is 10.1 Å². The van der Waals surface area contributed by atoms with Crippen LogP contribution in [0.2, 0.25) is 0 Å². The minimum absolute atomic E-state index is 0.114. The Balaban J connectivity index is 1.96. The van der Waals surface area contributed by atoms with E-state index in [9.17, 15) is 4.79 Å². The number of thiocarbonyl (C=S) groups is 1. The van der Waals surface area contributed by atoms with Gasteiger partial charge < -0.3 is 5.32 Å². The number of carbonyl (C=O) groups excluding carboxylic acids is 1. The molecule has 0 atom stereocenters. The molecule has 0 heterocycles. The van der Waals surface area contributed by atoms with E-state index in [1.165, 1.54) is 57.8 Å². The summed E-state index contributed by atoms with van der Waals surface area (Å²) in [5.41, 5.74) is 0.730. The van der Waals surface area contributed by atoms with Crippen LogP contribution in [-0.2, 0) is 4.79 Å². The third-order valence-electron chi connectivity index (χ3n) is 4.33. The highest BCUT2D eigenvalue weighted by Crippen LogP contribution is 2.10. The van der Waals surface area contributed by atoms with Crippen LogP contribution in [0.4, 0.5) is 0 Å². The Morgan fingerprint density at radius 3 is 2.28 bits per heavy atom. The molecule has 0 saturated carbocycles. The van der Waals surface area contributed by atoms with Crippen molar-refractivity contribution >= 4 is 23.2 Å². The summed E-state index contributed by atoms with van der Waals surface area (Å²) in [6, 6.07) is 0. The first-order chi connectivity index (χ1) is 12.2. The summed E-state index contributed by atoms with van der Waals surface area (Å²) in [6.07, 6.45) is 23.4. The number of amides is 1. The van der Waals surface area contributed by atoms with Gasteiger partial charge in [0, 0.05) is 12.1 Å². The zero-order valence-electron chi connectivity index (χ0n) is 15.7. The van der Waals surface area contributed by atoms with Crippen molar-refractivity contribution in [3.63, 3.8) is 0 Å². The fourth-order valence-electron chi connectivity index (χ4n) is 2.79. The van der Waals surface area contributed by atoms with Crippen molar-refractivity contribution in [1.82, 2.24) is 10.6 Å². The lowest BCUT2D eigenvalue weighted by Crippen LogP contribution is -2.40. The first kappa shape index (κ1) is 21.6. The highest BCUT2D eigenvalue weighted by Gasteiger charge is 2.09. The molecule has 0 unspecified atom stereocenters. The van der Waals surface area contributed by atoms with E-state index in [2.05, 4.69) is 17.6 Å². The lowest BCUT2D eigenvalue weighted by Gasteiger charge is -2.10. The molecule has 25 heavy (non-hydrogen) atoms. The lowest BCUT2D eigenvalue weighted by molar-refractivity contribution is -0.116. The fraction of sp³-hybridized carbons (Fsp3) is 0.619. The van der Waals surface area contributed by atoms with Crippen LogP contribution in [0, 0.1) is 0 Å². The number of nitrogens with one attached hydrogen (secondary N) is 2. The topological polar surface area (TPSA) is 41.1 Å². The van der Waals surface area contributed by atoms with Crippen LogP contribution in [0.5, 0.6) is 0 Å². The van der Waals surface area contributed by atoms with Gasteiger partial charge in [-0.2, -0.15) is 0 Å². The van der Waals surface area contributed by atoms with Gasteiger partial charge in [0.05, 0.1) is 0 Å². The maximum absolute atomic E-state index is 12.1. The molecular formula is C21H34N2OS. The molecule has 1 aliphatic rings. The molecule has 0 saturated heterocycles. The van der Waals surface area contributed by atoms with Crippen LogP contribution in [-0.4, -0.2) is 17.6 Å². The standard InChI is InChI=1S/C21H34N2OS/c1-2-3-4-5-6-7-8-9-12-15-18-22-21(25)23-20(24)19-16-13-10-11-14-17-19/h10-11,13-14,16H,2-9,12,15,17-18H2,1H3,(H2,22,23,24,25). The molecule has 0 aromatic heterocycles. The third kappa shape index (κ3) is 11.7. The van der Waals surface area contributed by atoms with E-state index in [1.807, 2.05) is 30.4 Å². The predicted octanol–water partition coefficient (Wildman–Crippen LogP) is 5.34. The average Bonchev–Trinajstić information content (AvgIpc) is 2.89. The van der Waals surface area contributed by atoms with E-state index in [-0.39, 0.29) is 5.91 Å². The summed E-state index contributed by atoms with van der Waals surface area (Å²) in [7, 11) is 0. The number of hydrogen-bond donors (Lipinski definition) is 2. The Morgan fingerprint density at radius 2 is 1.60 bits per heavy atom. The first-order valence-electron chi connectivity index (χ1n) is 9.85. The molecule has 2 N–H and O–H groups in total. The van der Waals surface area contributed by atoms with Crippen molar-refractivity contribution in [2.75, 3.05) is 6.54 Å². The van der Waals surface area contributed by atoms with E-state index in [0.717, 1.165) is 18.5 Å². The van der Waals surface area contributed by atoms with Crippen molar-refractivity contribution in [3.05, 3.63) is 36.0 Å². The van der Waals surface area contributed by atoms with Crippen LogP contribution in [0.3, 0.4) is 0 Å². The zero-order chi connectivity index (χ0) is 18.2. The van der Waals surface area contributed by atoms with Gasteiger partial charge in [0.15, 0.2) is 5.11 Å². The number of hydrogen-bond acceptors (Lipinski definition) is 2. The number of allylic oxidation sites excluding steroid dienone is 5. The Bertz CT molecular complexity index is 480. The van der Waals surface area contributed by atoms with Gasteiger partial charge in [-0.25, -0.2) is 0 Å². The molecule has 0 bridgehead atoms. The lowest BCUT2D eigenvalue weighted by atomic mass is 10.1. The van der Waals surface area contributed by atoms with Gasteiger partial charge in [0.2, 0.25) is 0 Å². The minimum Gasteiger partial charge on any atom is -0.362 e. The van der Waals surface area contributed by atoms with Crippen molar-refractivity contribution in [2.24, 2.45) is 0 Å². The second-order valence-corrected chi connectivity index (χ2v) is 7.01. The van der Waals surface area contributed by atoms with Gasteiger partial charge >= 0.3 is 0 Å². The normalized spacial score (nSPS) is 13.2. The molecule has 0 spiro atoms. The van der Waals surface area contributed by atoms with Gasteiger partial charge in [-0.05, 0) is 25.1 Å². The molecule has 140 valence electrons. The number of unbranched alkanes of at least 4 members (excludes halogenated alkanes) is 9. The van der Waals surface area contributed by atoms with Crippen molar-refractivity contribution in [2.45, 2.75) is 77.6 Å². The Labute approximate surface area is 159 Å². The molecule has 1 amide bonds. The van der Waals surface area contributed by atoms with E-state index in [1.54, 1.807) is 0 Å². The molecule has 3 nitrogen and oxygen atoms in total. The van der Waals surface area contributed by atoms with Crippen LogP contribution >= 0.6 is 12.2 Å². The van der Waals surface area contributed by atoms with Crippen LogP contribution in [0.15, 0.2) is 36.0 Å². The van der Waals surface area contributed by atoms with Crippen LogP contribution < -0.4 is 10.6 Å². The van der Waals surface area contributed by atoms with Gasteiger partial charge in [0.25, 0.3) is 5.91 Å². The molecule has 0 aromatic rings. The summed E-state index contributed by atoms with van der Waals surface area (Å²) < 4.78 is 0. The van der Waals surface area contributed by atoms with Crippen LogP contribution in [0.1, 0.15) is 77.6 Å². The molecule has 0 aliphatic heterocycles. The van der Waals surface area contributed by atoms with E-state index in [0.29, 0.717) is 11.5 Å². The van der Waals surface area contributed by atoms with Crippen LogP contribution in [0.25, 0.3) is 0 Å². The molecular weight excluding hydrogens is 328 g/mol. The second-order valence-electron chi connectivity index (χ2n) is 6.60. The Kier molecular flexibility index (Phi) is 12.9. The summed E-state index contributed by atoms with van der Waals surface area (Å²) in [5.74, 6) is -0.114. The maximum atomic E-state index is 12.1. The Hall–Kier alpha value is -1.42. The molecule has 0 radical (unpaired) electrons. The monoisotopic (exact) mass is 362 g/mol. The van der Waals surface area contributed by atoms with Crippen molar-refractivity contribution in [1.29, 1.82) is 0 Å². The van der Waals surface area contributed by atoms with E-state index in [4.69, 9.17) is 12.2 Å². The summed E-state index contributed by atoms with van der Waals surface area (Å²) >= 11 is 5.20. The van der Waals surface area contributed by atoms with Gasteiger partial charge in [-0.1, -0.05) is 95.1 Å². The van der Waals surface area contributed by atoms with E-state index >= 15 is 0 Å². The maximum Gasteiger partial charge on any atom is 0.253 e. The van der Waals surface area contributed by atoms with Gasteiger partial charge in [0.1, 0.15) is 0 Å². The molecule has 4 heteroatoms. The van der Waals surface area contributed by atoms with Gasteiger partial charge in [-0.15, -0.1) is 0 Å². The highest BCUT2D eigenvalue weighted by molar-refractivity contribution is 7.80. The largest absolute Gasteiger partial charge is 0.362 e. The zero-order valence-corrected chi connectivity index (χ0v) is 16.5. The molecule has 0 aromatic carbocycles. The molecule has 1 aliphatic carbocycles. The molecule has 0 fully saturated rings. The highest BCUT2D eigenvalue weighted by atomic mass is 32.1.